The number of carbonyl (C=O) groups is 3. The number of carbonyl (C=O) groups excluding carboxylic acids is 2. The summed E-state index contributed by atoms with van der Waals surface area (Å²) in [5.41, 5.74) is 0.702. The molecule has 1 aromatic heterocycles. The van der Waals surface area contributed by atoms with Gasteiger partial charge in [0.05, 0.1) is 17.7 Å². The monoisotopic (exact) mass is 562 g/mol. The number of carboxylic acid groups (broad SMARTS) is 1. The van der Waals surface area contributed by atoms with Crippen molar-refractivity contribution in [1.29, 1.82) is 0 Å². The Morgan fingerprint density at radius 1 is 1.05 bits per heavy atom. The SMILES string of the molecule is O=C(O)CC(NC(=O)C1N(C(=O)c2ccc(Cl)nc2)CCN1S(=O)(=O)Cc1ccccc1)C1CCCCC1. The van der Waals surface area contributed by atoms with Gasteiger partial charge < -0.3 is 15.3 Å². The summed E-state index contributed by atoms with van der Waals surface area (Å²) in [6, 6.07) is 10.8. The molecule has 1 aliphatic heterocycles. The maximum atomic E-state index is 13.7. The number of nitrogens with zero attached hydrogens (tertiary/aromatic N) is 3. The number of carboxylic acids is 1. The number of benzene rings is 1. The second-order valence-electron chi connectivity index (χ2n) is 9.71. The summed E-state index contributed by atoms with van der Waals surface area (Å²) in [6.45, 7) is -0.0897. The fraction of sp³-hybridized carbons (Fsp3) is 0.462. The van der Waals surface area contributed by atoms with E-state index in [0.717, 1.165) is 36.4 Å². The lowest BCUT2D eigenvalue weighted by Crippen LogP contribution is -2.57. The van der Waals surface area contributed by atoms with Gasteiger partial charge in [0.2, 0.25) is 10.0 Å². The van der Waals surface area contributed by atoms with Gasteiger partial charge in [-0.15, -0.1) is 0 Å². The summed E-state index contributed by atoms with van der Waals surface area (Å²) in [5, 5.41) is 12.5. The number of aromatic nitrogens is 1. The Morgan fingerprint density at radius 3 is 2.39 bits per heavy atom. The molecule has 38 heavy (non-hydrogen) atoms. The van der Waals surface area contributed by atoms with Crippen molar-refractivity contribution in [3.8, 4) is 0 Å². The van der Waals surface area contributed by atoms with Crippen LogP contribution in [0.15, 0.2) is 48.7 Å². The summed E-state index contributed by atoms with van der Waals surface area (Å²) < 4.78 is 28.1. The minimum Gasteiger partial charge on any atom is -0.481 e. The number of hydrogen-bond donors (Lipinski definition) is 2. The molecule has 4 rings (SSSR count). The Morgan fingerprint density at radius 2 is 1.76 bits per heavy atom. The van der Waals surface area contributed by atoms with Crippen molar-refractivity contribution in [3.05, 3.63) is 64.9 Å². The van der Waals surface area contributed by atoms with Gasteiger partial charge in [0.25, 0.3) is 11.8 Å². The number of sulfonamides is 1. The zero-order valence-corrected chi connectivity index (χ0v) is 22.4. The molecule has 10 nitrogen and oxygen atoms in total. The third-order valence-corrected chi connectivity index (χ3v) is 9.11. The highest BCUT2D eigenvalue weighted by Crippen LogP contribution is 2.29. The van der Waals surface area contributed by atoms with Gasteiger partial charge in [-0.3, -0.25) is 14.4 Å². The summed E-state index contributed by atoms with van der Waals surface area (Å²) >= 11 is 5.85. The van der Waals surface area contributed by atoms with Crippen molar-refractivity contribution in [3.63, 3.8) is 0 Å². The topological polar surface area (TPSA) is 137 Å². The Kier molecular flexibility index (Phi) is 9.01. The molecule has 0 radical (unpaired) electrons. The molecule has 0 bridgehead atoms. The number of nitrogens with one attached hydrogen (secondary N) is 1. The zero-order chi connectivity index (χ0) is 27.3. The van der Waals surface area contributed by atoms with Crippen LogP contribution in [-0.4, -0.2) is 70.8 Å². The molecule has 1 saturated heterocycles. The number of amides is 2. The van der Waals surface area contributed by atoms with E-state index in [4.69, 9.17) is 11.6 Å². The van der Waals surface area contributed by atoms with Crippen LogP contribution in [0.3, 0.4) is 0 Å². The quantitative estimate of drug-likeness (QED) is 0.448. The van der Waals surface area contributed by atoms with Gasteiger partial charge >= 0.3 is 5.97 Å². The predicted octanol–water partition coefficient (Wildman–Crippen LogP) is 2.89. The van der Waals surface area contributed by atoms with Crippen LogP contribution in [-0.2, 0) is 25.4 Å². The Bertz CT molecular complexity index is 1250. The molecule has 204 valence electrons. The molecule has 2 heterocycles. The van der Waals surface area contributed by atoms with E-state index in [1.165, 1.54) is 23.2 Å². The van der Waals surface area contributed by atoms with Gasteiger partial charge in [0.15, 0.2) is 6.17 Å². The predicted molar refractivity (Wildman–Crippen MR) is 141 cm³/mol. The van der Waals surface area contributed by atoms with E-state index in [-0.39, 0.29) is 41.9 Å². The normalized spacial score (nSPS) is 19.7. The van der Waals surface area contributed by atoms with Crippen LogP contribution >= 0.6 is 11.6 Å². The van der Waals surface area contributed by atoms with Crippen LogP contribution in [0.1, 0.15) is 54.4 Å². The molecule has 2 fully saturated rings. The zero-order valence-electron chi connectivity index (χ0n) is 20.8. The van der Waals surface area contributed by atoms with Crippen LogP contribution < -0.4 is 5.32 Å². The van der Waals surface area contributed by atoms with E-state index < -0.39 is 40.0 Å². The van der Waals surface area contributed by atoms with Crippen LogP contribution in [0, 0.1) is 5.92 Å². The summed E-state index contributed by atoms with van der Waals surface area (Å²) in [6.07, 6.45) is 4.00. The van der Waals surface area contributed by atoms with Crippen LogP contribution in [0.2, 0.25) is 5.15 Å². The smallest absolute Gasteiger partial charge is 0.305 e. The maximum absolute atomic E-state index is 13.7. The first-order chi connectivity index (χ1) is 18.2. The lowest BCUT2D eigenvalue weighted by molar-refractivity contribution is -0.138. The van der Waals surface area contributed by atoms with Crippen molar-refractivity contribution >= 4 is 39.4 Å². The average Bonchev–Trinajstić information content (AvgIpc) is 3.35. The highest BCUT2D eigenvalue weighted by atomic mass is 35.5. The van der Waals surface area contributed by atoms with Gasteiger partial charge in [-0.25, -0.2) is 13.4 Å². The highest BCUT2D eigenvalue weighted by Gasteiger charge is 2.47. The number of pyridine rings is 1. The first-order valence-corrected chi connectivity index (χ1v) is 14.6. The first-order valence-electron chi connectivity index (χ1n) is 12.6. The van der Waals surface area contributed by atoms with Crippen molar-refractivity contribution < 1.29 is 27.9 Å². The third-order valence-electron chi connectivity index (χ3n) is 7.09. The van der Waals surface area contributed by atoms with Crippen LogP contribution in [0.25, 0.3) is 0 Å². The molecular formula is C26H31ClN4O6S. The lowest BCUT2D eigenvalue weighted by Gasteiger charge is -2.34. The first kappa shape index (κ1) is 28.0. The Hall–Kier alpha value is -3.02. The van der Waals surface area contributed by atoms with Crippen molar-refractivity contribution in [2.45, 2.75) is 56.5 Å². The molecular weight excluding hydrogens is 532 g/mol. The average molecular weight is 563 g/mol. The van der Waals surface area contributed by atoms with Gasteiger partial charge in [0, 0.05) is 25.3 Å². The fourth-order valence-corrected chi connectivity index (χ4v) is 7.00. The van der Waals surface area contributed by atoms with Gasteiger partial charge in [-0.2, -0.15) is 4.31 Å². The van der Waals surface area contributed by atoms with Gasteiger partial charge in [-0.1, -0.05) is 61.2 Å². The lowest BCUT2D eigenvalue weighted by atomic mass is 9.82. The Balaban J connectivity index is 1.64. The second kappa shape index (κ2) is 12.2. The van der Waals surface area contributed by atoms with E-state index in [1.54, 1.807) is 30.3 Å². The number of halogens is 1. The van der Waals surface area contributed by atoms with Crippen LogP contribution in [0.5, 0.6) is 0 Å². The van der Waals surface area contributed by atoms with E-state index >= 15 is 0 Å². The summed E-state index contributed by atoms with van der Waals surface area (Å²) in [5.74, 6) is -2.72. The number of hydrogen-bond acceptors (Lipinski definition) is 6. The molecule has 2 atom stereocenters. The molecule has 0 spiro atoms. The fourth-order valence-electron chi connectivity index (χ4n) is 5.24. The van der Waals surface area contributed by atoms with Crippen molar-refractivity contribution in [2.75, 3.05) is 13.1 Å². The Labute approximate surface area is 227 Å². The molecule has 2 amide bonds. The molecule has 1 aliphatic carbocycles. The number of aliphatic carboxylic acids is 1. The van der Waals surface area contributed by atoms with Gasteiger partial charge in [0.1, 0.15) is 5.15 Å². The van der Waals surface area contributed by atoms with Gasteiger partial charge in [-0.05, 0) is 36.5 Å². The largest absolute Gasteiger partial charge is 0.481 e. The summed E-state index contributed by atoms with van der Waals surface area (Å²) in [7, 11) is -4.02. The second-order valence-corrected chi connectivity index (χ2v) is 12.0. The van der Waals surface area contributed by atoms with E-state index in [9.17, 15) is 27.9 Å². The molecule has 12 heteroatoms. The third kappa shape index (κ3) is 6.69. The van der Waals surface area contributed by atoms with Crippen LogP contribution in [0.4, 0.5) is 0 Å². The highest BCUT2D eigenvalue weighted by molar-refractivity contribution is 7.88. The van der Waals surface area contributed by atoms with E-state index in [2.05, 4.69) is 10.3 Å². The molecule has 2 aliphatic rings. The minimum absolute atomic E-state index is 0.0133. The molecule has 2 aromatic rings. The molecule has 1 saturated carbocycles. The van der Waals surface area contributed by atoms with Crippen molar-refractivity contribution in [2.24, 2.45) is 5.92 Å². The summed E-state index contributed by atoms with van der Waals surface area (Å²) in [4.78, 5) is 43.9. The molecule has 2 N–H and O–H groups in total. The molecule has 2 unspecified atom stereocenters. The number of rotatable bonds is 9. The molecule has 1 aromatic carbocycles. The van der Waals surface area contributed by atoms with E-state index in [1.807, 2.05) is 0 Å². The standard InChI is InChI=1S/C26H31ClN4O6S/c27-22-12-11-20(16-28-22)26(35)30-13-14-31(38(36,37)17-18-7-3-1-4-8-18)25(30)24(34)29-21(15-23(32)33)19-9-5-2-6-10-19/h1,3-4,7-8,11-12,16,19,21,25H,2,5-6,9-10,13-15,17H2,(H,29,34)(H,32,33). The minimum atomic E-state index is -4.02. The van der Waals surface area contributed by atoms with E-state index in [0.29, 0.717) is 5.56 Å². The van der Waals surface area contributed by atoms with Crippen molar-refractivity contribution in [1.82, 2.24) is 19.5 Å². The maximum Gasteiger partial charge on any atom is 0.305 e.